The number of rotatable bonds is 4. The number of aromatic nitrogens is 2. The number of ether oxygens (including phenoxy) is 1. The van der Waals surface area contributed by atoms with Crippen LogP contribution < -0.4 is 0 Å². The van der Waals surface area contributed by atoms with Crippen LogP contribution in [0.1, 0.15) is 5.76 Å². The van der Waals surface area contributed by atoms with Crippen LogP contribution >= 0.6 is 11.8 Å². The van der Waals surface area contributed by atoms with Gasteiger partial charge in [-0.05, 0) is 13.0 Å². The maximum Gasteiger partial charge on any atom is 0.416 e. The zero-order chi connectivity index (χ0) is 14.8. The summed E-state index contributed by atoms with van der Waals surface area (Å²) in [5.74, 6) is 0.686. The Kier molecular flexibility index (Phi) is 3.65. The molecule has 2 amide bonds. The van der Waals surface area contributed by atoms with Crippen molar-refractivity contribution in [3.63, 3.8) is 0 Å². The molecule has 9 heteroatoms. The third-order valence-electron chi connectivity index (χ3n) is 2.88. The van der Waals surface area contributed by atoms with E-state index < -0.39 is 6.09 Å². The van der Waals surface area contributed by atoms with Crippen LogP contribution in [-0.2, 0) is 9.53 Å². The summed E-state index contributed by atoms with van der Waals surface area (Å²) in [6.45, 7) is 2.30. The standard InChI is InChI=1S/C12H11N3O5S/c1-7-8(2-4-18-7)10-13-14-11(20-10)21-6-9(16)15-3-5-19-12(15)17/h2,4H,3,5-6H2,1H3. The molecule has 1 aliphatic heterocycles. The Morgan fingerprint density at radius 3 is 3.00 bits per heavy atom. The van der Waals surface area contributed by atoms with E-state index in [2.05, 4.69) is 10.2 Å². The highest BCUT2D eigenvalue weighted by Gasteiger charge is 2.28. The van der Waals surface area contributed by atoms with Crippen molar-refractivity contribution >= 4 is 23.8 Å². The molecule has 0 saturated carbocycles. The van der Waals surface area contributed by atoms with Crippen molar-refractivity contribution in [3.8, 4) is 11.5 Å². The van der Waals surface area contributed by atoms with Crippen LogP contribution in [-0.4, -0.2) is 46.0 Å². The summed E-state index contributed by atoms with van der Waals surface area (Å²) >= 11 is 1.07. The van der Waals surface area contributed by atoms with Crippen LogP contribution in [0.25, 0.3) is 11.5 Å². The number of cyclic esters (lactones) is 1. The van der Waals surface area contributed by atoms with Gasteiger partial charge in [0.25, 0.3) is 11.1 Å². The number of nitrogens with zero attached hydrogens (tertiary/aromatic N) is 3. The number of carbonyl (C=O) groups excluding carboxylic acids is 2. The van der Waals surface area contributed by atoms with Gasteiger partial charge in [0, 0.05) is 0 Å². The minimum absolute atomic E-state index is 0.0289. The highest BCUT2D eigenvalue weighted by molar-refractivity contribution is 7.99. The van der Waals surface area contributed by atoms with Crippen molar-refractivity contribution < 1.29 is 23.2 Å². The minimum atomic E-state index is -0.610. The maximum atomic E-state index is 11.8. The van der Waals surface area contributed by atoms with E-state index in [4.69, 9.17) is 13.6 Å². The predicted molar refractivity (Wildman–Crippen MR) is 70.5 cm³/mol. The zero-order valence-electron chi connectivity index (χ0n) is 11.1. The molecule has 0 spiro atoms. The molecular formula is C12H11N3O5S. The van der Waals surface area contributed by atoms with E-state index in [1.807, 2.05) is 0 Å². The van der Waals surface area contributed by atoms with Gasteiger partial charge in [0.15, 0.2) is 0 Å². The number of aryl methyl sites for hydroxylation is 1. The SMILES string of the molecule is Cc1occc1-c1nnc(SCC(=O)N2CCOC2=O)o1. The van der Waals surface area contributed by atoms with Gasteiger partial charge in [-0.2, -0.15) is 0 Å². The summed E-state index contributed by atoms with van der Waals surface area (Å²) in [6.07, 6.45) is 0.922. The third kappa shape index (κ3) is 2.77. The Morgan fingerprint density at radius 2 is 2.33 bits per heavy atom. The van der Waals surface area contributed by atoms with E-state index >= 15 is 0 Å². The van der Waals surface area contributed by atoms with Gasteiger partial charge in [0.2, 0.25) is 5.91 Å². The van der Waals surface area contributed by atoms with Crippen molar-refractivity contribution in [1.29, 1.82) is 0 Å². The summed E-state index contributed by atoms with van der Waals surface area (Å²) in [7, 11) is 0. The van der Waals surface area contributed by atoms with E-state index in [0.717, 1.165) is 16.7 Å². The maximum absolute atomic E-state index is 11.8. The molecule has 0 unspecified atom stereocenters. The molecule has 0 atom stereocenters. The van der Waals surface area contributed by atoms with Crippen LogP contribution in [0.5, 0.6) is 0 Å². The van der Waals surface area contributed by atoms with Gasteiger partial charge < -0.3 is 13.6 Å². The number of imide groups is 1. The molecule has 21 heavy (non-hydrogen) atoms. The van der Waals surface area contributed by atoms with Crippen LogP contribution in [0.3, 0.4) is 0 Å². The first-order valence-electron chi connectivity index (χ1n) is 6.13. The second kappa shape index (κ2) is 5.60. The molecule has 8 nitrogen and oxygen atoms in total. The number of thioether (sulfide) groups is 1. The lowest BCUT2D eigenvalue weighted by Crippen LogP contribution is -2.32. The van der Waals surface area contributed by atoms with E-state index in [1.54, 1.807) is 13.0 Å². The van der Waals surface area contributed by atoms with Crippen molar-refractivity contribution in [2.75, 3.05) is 18.9 Å². The van der Waals surface area contributed by atoms with Crippen molar-refractivity contribution in [1.82, 2.24) is 15.1 Å². The molecule has 2 aromatic heterocycles. The largest absolute Gasteiger partial charge is 0.469 e. The molecule has 0 aromatic carbocycles. The monoisotopic (exact) mass is 309 g/mol. The molecule has 3 rings (SSSR count). The van der Waals surface area contributed by atoms with E-state index in [9.17, 15) is 9.59 Å². The first-order chi connectivity index (χ1) is 10.1. The van der Waals surface area contributed by atoms with E-state index in [0.29, 0.717) is 17.2 Å². The predicted octanol–water partition coefficient (Wildman–Crippen LogP) is 1.71. The Balaban J connectivity index is 1.62. The summed E-state index contributed by atoms with van der Waals surface area (Å²) in [6, 6.07) is 1.72. The lowest BCUT2D eigenvalue weighted by atomic mass is 10.3. The highest BCUT2D eigenvalue weighted by atomic mass is 32.2. The van der Waals surface area contributed by atoms with Crippen LogP contribution in [0.4, 0.5) is 4.79 Å². The molecule has 2 aromatic rings. The van der Waals surface area contributed by atoms with Gasteiger partial charge in [-0.25, -0.2) is 9.69 Å². The Morgan fingerprint density at radius 1 is 1.48 bits per heavy atom. The highest BCUT2D eigenvalue weighted by Crippen LogP contribution is 2.26. The summed E-state index contributed by atoms with van der Waals surface area (Å²) in [5.41, 5.74) is 0.712. The van der Waals surface area contributed by atoms with Crippen LogP contribution in [0, 0.1) is 6.92 Å². The van der Waals surface area contributed by atoms with E-state index in [-0.39, 0.29) is 30.0 Å². The second-order valence-corrected chi connectivity index (χ2v) is 5.14. The first kappa shape index (κ1) is 13.7. The smallest absolute Gasteiger partial charge is 0.416 e. The second-order valence-electron chi connectivity index (χ2n) is 4.21. The van der Waals surface area contributed by atoms with Crippen LogP contribution in [0.2, 0.25) is 0 Å². The minimum Gasteiger partial charge on any atom is -0.469 e. The molecular weight excluding hydrogens is 298 g/mol. The summed E-state index contributed by atoms with van der Waals surface area (Å²) < 4.78 is 15.3. The van der Waals surface area contributed by atoms with Crippen molar-refractivity contribution in [2.45, 2.75) is 12.1 Å². The quantitative estimate of drug-likeness (QED) is 0.787. The number of amides is 2. The van der Waals surface area contributed by atoms with Gasteiger partial charge in [0.1, 0.15) is 12.4 Å². The molecule has 110 valence electrons. The van der Waals surface area contributed by atoms with E-state index in [1.165, 1.54) is 6.26 Å². The Hall–Kier alpha value is -2.29. The van der Waals surface area contributed by atoms with Gasteiger partial charge in [-0.3, -0.25) is 4.79 Å². The van der Waals surface area contributed by atoms with Crippen LogP contribution in [0.15, 0.2) is 26.4 Å². The van der Waals surface area contributed by atoms with Gasteiger partial charge >= 0.3 is 6.09 Å². The Bertz CT molecular complexity index is 680. The lowest BCUT2D eigenvalue weighted by molar-refractivity contribution is -0.125. The number of carbonyl (C=O) groups is 2. The number of hydrogen-bond acceptors (Lipinski definition) is 8. The first-order valence-corrected chi connectivity index (χ1v) is 7.11. The molecule has 1 aliphatic rings. The Labute approximate surface area is 123 Å². The summed E-state index contributed by atoms with van der Waals surface area (Å²) in [5, 5.41) is 8.00. The average molecular weight is 309 g/mol. The molecule has 0 radical (unpaired) electrons. The fourth-order valence-electron chi connectivity index (χ4n) is 1.81. The molecule has 0 N–H and O–H groups in total. The number of hydrogen-bond donors (Lipinski definition) is 0. The molecule has 0 aliphatic carbocycles. The lowest BCUT2D eigenvalue weighted by Gasteiger charge is -2.08. The molecule has 3 heterocycles. The average Bonchev–Trinajstić information content (AvgIpc) is 3.16. The fraction of sp³-hybridized carbons (Fsp3) is 0.333. The normalized spacial score (nSPS) is 14.5. The van der Waals surface area contributed by atoms with Gasteiger partial charge in [-0.1, -0.05) is 11.8 Å². The van der Waals surface area contributed by atoms with Gasteiger partial charge in [-0.15, -0.1) is 10.2 Å². The molecule has 0 bridgehead atoms. The van der Waals surface area contributed by atoms with Crippen molar-refractivity contribution in [3.05, 3.63) is 18.1 Å². The summed E-state index contributed by atoms with van der Waals surface area (Å²) in [4.78, 5) is 24.1. The topological polar surface area (TPSA) is 98.7 Å². The van der Waals surface area contributed by atoms with Gasteiger partial charge in [0.05, 0.1) is 24.1 Å². The zero-order valence-corrected chi connectivity index (χ0v) is 11.9. The number of furan rings is 1. The fourth-order valence-corrected chi connectivity index (χ4v) is 2.44. The third-order valence-corrected chi connectivity index (χ3v) is 3.68. The van der Waals surface area contributed by atoms with Crippen molar-refractivity contribution in [2.24, 2.45) is 0 Å². The molecule has 1 fully saturated rings. The molecule has 1 saturated heterocycles.